The van der Waals surface area contributed by atoms with Crippen LogP contribution in [0.2, 0.25) is 0 Å². The average Bonchev–Trinajstić information content (AvgIpc) is 2.42. The highest BCUT2D eigenvalue weighted by Gasteiger charge is 2.16. The van der Waals surface area contributed by atoms with Crippen molar-refractivity contribution in [1.29, 1.82) is 0 Å². The maximum Gasteiger partial charge on any atom is 0.195 e. The molecule has 1 heterocycles. The van der Waals surface area contributed by atoms with Gasteiger partial charge in [0.25, 0.3) is 0 Å². The Morgan fingerprint density at radius 3 is 2.73 bits per heavy atom. The fourth-order valence-corrected chi connectivity index (χ4v) is 1.48. The van der Waals surface area contributed by atoms with E-state index in [-0.39, 0.29) is 11.2 Å². The van der Waals surface area contributed by atoms with Crippen LogP contribution in [-0.2, 0) is 6.42 Å². The van der Waals surface area contributed by atoms with Gasteiger partial charge in [-0.3, -0.25) is 0 Å². The summed E-state index contributed by atoms with van der Waals surface area (Å²) in [6.07, 6.45) is 0.753. The molecule has 0 saturated heterocycles. The Morgan fingerprint density at radius 2 is 2.07 bits per heavy atom. The van der Waals surface area contributed by atoms with Crippen molar-refractivity contribution in [2.75, 3.05) is 0 Å². The van der Waals surface area contributed by atoms with Crippen LogP contribution >= 0.6 is 0 Å². The van der Waals surface area contributed by atoms with E-state index in [0.717, 1.165) is 6.42 Å². The van der Waals surface area contributed by atoms with E-state index >= 15 is 0 Å². The lowest BCUT2D eigenvalue weighted by atomic mass is 9.92. The van der Waals surface area contributed by atoms with Gasteiger partial charge in [0.05, 0.1) is 0 Å². The molecule has 0 amide bonds. The Kier molecular flexibility index (Phi) is 2.25. The van der Waals surface area contributed by atoms with Crippen LogP contribution in [0.3, 0.4) is 0 Å². The van der Waals surface area contributed by atoms with Crippen molar-refractivity contribution < 1.29 is 8.81 Å². The predicted molar refractivity (Wildman–Crippen MR) is 57.1 cm³/mol. The van der Waals surface area contributed by atoms with Crippen LogP contribution in [0, 0.1) is 11.2 Å². The van der Waals surface area contributed by atoms with Crippen LogP contribution in [0.5, 0.6) is 0 Å². The minimum absolute atomic E-state index is 0.124. The molecule has 0 unspecified atom stereocenters. The summed E-state index contributed by atoms with van der Waals surface area (Å²) in [5, 5.41) is 0. The van der Waals surface area contributed by atoms with Gasteiger partial charge in [0.15, 0.2) is 11.5 Å². The first-order valence-electron chi connectivity index (χ1n) is 4.99. The molecule has 0 N–H and O–H groups in total. The van der Waals surface area contributed by atoms with Gasteiger partial charge in [0.2, 0.25) is 0 Å². The molecule has 0 aliphatic rings. The van der Waals surface area contributed by atoms with E-state index in [9.17, 15) is 4.39 Å². The summed E-state index contributed by atoms with van der Waals surface area (Å²) in [6, 6.07) is 4.39. The van der Waals surface area contributed by atoms with Crippen LogP contribution in [0.1, 0.15) is 26.7 Å². The second-order valence-electron chi connectivity index (χ2n) is 4.96. The molecule has 80 valence electrons. The lowest BCUT2D eigenvalue weighted by Crippen LogP contribution is -2.09. The third kappa shape index (κ3) is 2.35. The topological polar surface area (TPSA) is 26.0 Å². The third-order valence-electron chi connectivity index (χ3n) is 2.08. The molecule has 0 atom stereocenters. The van der Waals surface area contributed by atoms with Gasteiger partial charge >= 0.3 is 0 Å². The first-order valence-corrected chi connectivity index (χ1v) is 4.99. The molecule has 15 heavy (non-hydrogen) atoms. The van der Waals surface area contributed by atoms with E-state index < -0.39 is 0 Å². The van der Waals surface area contributed by atoms with Gasteiger partial charge in [0.1, 0.15) is 11.3 Å². The third-order valence-corrected chi connectivity index (χ3v) is 2.08. The van der Waals surface area contributed by atoms with Crippen molar-refractivity contribution in [2.45, 2.75) is 27.2 Å². The van der Waals surface area contributed by atoms with Crippen molar-refractivity contribution in [3.05, 3.63) is 29.9 Å². The SMILES string of the molecule is CC(C)(C)Cc1nc2cc(F)ccc2o1. The van der Waals surface area contributed by atoms with Crippen LogP contribution in [0.4, 0.5) is 4.39 Å². The minimum Gasteiger partial charge on any atom is -0.441 e. The van der Waals surface area contributed by atoms with Crippen molar-refractivity contribution in [2.24, 2.45) is 5.41 Å². The maximum atomic E-state index is 12.9. The quantitative estimate of drug-likeness (QED) is 0.714. The Hall–Kier alpha value is -1.38. The smallest absolute Gasteiger partial charge is 0.195 e. The molecule has 2 aromatic rings. The average molecular weight is 207 g/mol. The van der Waals surface area contributed by atoms with Gasteiger partial charge in [-0.25, -0.2) is 9.37 Å². The summed E-state index contributed by atoms with van der Waals surface area (Å²) in [5.74, 6) is 0.390. The van der Waals surface area contributed by atoms with E-state index in [0.29, 0.717) is 17.0 Å². The van der Waals surface area contributed by atoms with Gasteiger partial charge in [-0.15, -0.1) is 0 Å². The molecular formula is C12H14FNO. The summed E-state index contributed by atoms with van der Waals surface area (Å²) in [5.41, 5.74) is 1.37. The number of hydrogen-bond acceptors (Lipinski definition) is 2. The fraction of sp³-hybridized carbons (Fsp3) is 0.417. The molecule has 2 nitrogen and oxygen atoms in total. The van der Waals surface area contributed by atoms with E-state index in [1.165, 1.54) is 12.1 Å². The Bertz CT molecular complexity index is 482. The summed E-state index contributed by atoms with van der Waals surface area (Å²) >= 11 is 0. The van der Waals surface area contributed by atoms with Gasteiger partial charge in [-0.2, -0.15) is 0 Å². The molecule has 0 aliphatic heterocycles. The molecule has 3 heteroatoms. The molecule has 2 rings (SSSR count). The molecule has 1 aromatic heterocycles. The molecule has 0 saturated carbocycles. The number of aromatic nitrogens is 1. The highest BCUT2D eigenvalue weighted by molar-refractivity contribution is 5.72. The first-order chi connectivity index (χ1) is 6.94. The monoisotopic (exact) mass is 207 g/mol. The van der Waals surface area contributed by atoms with E-state index in [1.54, 1.807) is 6.07 Å². The molecule has 0 spiro atoms. The summed E-state index contributed by atoms with van der Waals surface area (Å²) in [6.45, 7) is 6.34. The number of hydrogen-bond donors (Lipinski definition) is 0. The van der Waals surface area contributed by atoms with Crippen LogP contribution in [-0.4, -0.2) is 4.98 Å². The van der Waals surface area contributed by atoms with Crippen molar-refractivity contribution in [1.82, 2.24) is 4.98 Å². The van der Waals surface area contributed by atoms with Crippen molar-refractivity contribution in [3.8, 4) is 0 Å². The second-order valence-corrected chi connectivity index (χ2v) is 4.96. The highest BCUT2D eigenvalue weighted by Crippen LogP contribution is 2.23. The van der Waals surface area contributed by atoms with Crippen LogP contribution < -0.4 is 0 Å². The Labute approximate surface area is 88.1 Å². The first kappa shape index (κ1) is 10.1. The maximum absolute atomic E-state index is 12.9. The normalized spacial score (nSPS) is 12.3. The molecular weight excluding hydrogens is 193 g/mol. The lowest BCUT2D eigenvalue weighted by molar-refractivity contribution is 0.362. The fourth-order valence-electron chi connectivity index (χ4n) is 1.48. The van der Waals surface area contributed by atoms with Gasteiger partial charge < -0.3 is 4.42 Å². The molecule has 1 aromatic carbocycles. The number of benzene rings is 1. The zero-order valence-corrected chi connectivity index (χ0v) is 9.17. The van der Waals surface area contributed by atoms with Crippen molar-refractivity contribution in [3.63, 3.8) is 0 Å². The molecule has 0 fully saturated rings. The van der Waals surface area contributed by atoms with E-state index in [4.69, 9.17) is 4.42 Å². The summed E-state index contributed by atoms with van der Waals surface area (Å²) in [7, 11) is 0. The molecule has 0 radical (unpaired) electrons. The number of fused-ring (bicyclic) bond motifs is 1. The van der Waals surface area contributed by atoms with Gasteiger partial charge in [0, 0.05) is 12.5 Å². The lowest BCUT2D eigenvalue weighted by Gasteiger charge is -2.14. The number of oxazole rings is 1. The molecule has 0 aliphatic carbocycles. The number of halogens is 1. The van der Waals surface area contributed by atoms with E-state index in [1.807, 2.05) is 0 Å². The highest BCUT2D eigenvalue weighted by atomic mass is 19.1. The number of rotatable bonds is 1. The second kappa shape index (κ2) is 3.33. The Balaban J connectivity index is 2.39. The van der Waals surface area contributed by atoms with Gasteiger partial charge in [-0.05, 0) is 17.5 Å². The zero-order valence-electron chi connectivity index (χ0n) is 9.17. The van der Waals surface area contributed by atoms with Gasteiger partial charge in [-0.1, -0.05) is 20.8 Å². The Morgan fingerprint density at radius 1 is 1.33 bits per heavy atom. The summed E-state index contributed by atoms with van der Waals surface area (Å²) < 4.78 is 18.4. The number of nitrogens with zero attached hydrogens (tertiary/aromatic N) is 1. The summed E-state index contributed by atoms with van der Waals surface area (Å²) in [4.78, 5) is 4.25. The van der Waals surface area contributed by atoms with E-state index in [2.05, 4.69) is 25.8 Å². The minimum atomic E-state index is -0.280. The predicted octanol–water partition coefficient (Wildman–Crippen LogP) is 3.56. The largest absolute Gasteiger partial charge is 0.441 e. The standard InChI is InChI=1S/C12H14FNO/c1-12(2,3)7-11-14-9-6-8(13)4-5-10(9)15-11/h4-6H,7H2,1-3H3. The van der Waals surface area contributed by atoms with Crippen molar-refractivity contribution >= 4 is 11.1 Å². The van der Waals surface area contributed by atoms with Crippen LogP contribution in [0.15, 0.2) is 22.6 Å². The zero-order chi connectivity index (χ0) is 11.1. The molecule has 0 bridgehead atoms. The van der Waals surface area contributed by atoms with Crippen LogP contribution in [0.25, 0.3) is 11.1 Å².